The molecule has 6 nitrogen and oxygen atoms in total. The molecular formula is C27H36O6. The highest BCUT2D eigenvalue weighted by molar-refractivity contribution is 5.97. The molecule has 0 fully saturated rings. The number of carbonyl (C=O) groups excluding carboxylic acids is 2. The Balaban J connectivity index is 1.72. The predicted molar refractivity (Wildman–Crippen MR) is 128 cm³/mol. The molecule has 2 aromatic carbocycles. The van der Waals surface area contributed by atoms with Gasteiger partial charge in [-0.1, -0.05) is 65.0 Å². The zero-order chi connectivity index (χ0) is 24.1. The third-order valence-corrected chi connectivity index (χ3v) is 5.18. The van der Waals surface area contributed by atoms with E-state index in [0.717, 1.165) is 24.0 Å². The second-order valence-electron chi connectivity index (χ2n) is 8.44. The van der Waals surface area contributed by atoms with E-state index in [1.54, 1.807) is 24.3 Å². The molecule has 0 aliphatic heterocycles. The Labute approximate surface area is 197 Å². The third-order valence-electron chi connectivity index (χ3n) is 5.18. The molecule has 0 aromatic heterocycles. The molecule has 0 N–H and O–H groups in total. The zero-order valence-electron chi connectivity index (χ0n) is 20.2. The summed E-state index contributed by atoms with van der Waals surface area (Å²) in [6.07, 6.45) is 7.19. The third kappa shape index (κ3) is 9.66. The number of hydrogen-bond acceptors (Lipinski definition) is 6. The summed E-state index contributed by atoms with van der Waals surface area (Å²) in [5.74, 6) is -0.120. The molecule has 0 aliphatic rings. The van der Waals surface area contributed by atoms with Crippen LogP contribution in [0.15, 0.2) is 42.5 Å². The van der Waals surface area contributed by atoms with Crippen molar-refractivity contribution in [3.8, 4) is 11.5 Å². The Hall–Kier alpha value is -2.86. The van der Waals surface area contributed by atoms with E-state index in [-0.39, 0.29) is 11.5 Å². The van der Waals surface area contributed by atoms with Gasteiger partial charge < -0.3 is 14.4 Å². The molecule has 0 atom stereocenters. The first-order chi connectivity index (χ1) is 15.9. The number of aryl methyl sites for hydroxylation is 1. The standard InChI is InChI=1S/C27H36O6/c1-5-6-7-8-9-10-17-30-23-14-12-22(13-15-23)27(29)32-26(28)19-31-33-25-18-21(4)11-16-24(25)20(2)3/h11-16,18,20H,5-10,17,19H2,1-4H3. The summed E-state index contributed by atoms with van der Waals surface area (Å²) in [5, 5.41) is 0. The van der Waals surface area contributed by atoms with Crippen LogP contribution >= 0.6 is 0 Å². The minimum absolute atomic E-state index is 0.232. The highest BCUT2D eigenvalue weighted by atomic mass is 17.2. The van der Waals surface area contributed by atoms with E-state index < -0.39 is 18.5 Å². The highest BCUT2D eigenvalue weighted by Gasteiger charge is 2.15. The molecule has 6 heteroatoms. The van der Waals surface area contributed by atoms with E-state index in [2.05, 4.69) is 6.92 Å². The van der Waals surface area contributed by atoms with Crippen LogP contribution in [0.5, 0.6) is 11.5 Å². The Bertz CT molecular complexity index is 873. The van der Waals surface area contributed by atoms with Crippen molar-refractivity contribution in [1.29, 1.82) is 0 Å². The number of carbonyl (C=O) groups is 2. The summed E-state index contributed by atoms with van der Waals surface area (Å²) in [6.45, 7) is 8.36. The minimum Gasteiger partial charge on any atom is -0.494 e. The van der Waals surface area contributed by atoms with Crippen LogP contribution in [-0.2, 0) is 14.4 Å². The molecule has 0 aliphatic carbocycles. The molecular weight excluding hydrogens is 420 g/mol. The number of rotatable bonds is 14. The normalized spacial score (nSPS) is 10.8. The minimum atomic E-state index is -0.831. The van der Waals surface area contributed by atoms with Gasteiger partial charge in [0.1, 0.15) is 5.75 Å². The SMILES string of the molecule is CCCCCCCCOc1ccc(C(=O)OC(=O)COOc2cc(C)ccc2C(C)C)cc1. The molecule has 0 bridgehead atoms. The number of hydrogen-bond donors (Lipinski definition) is 0. The molecule has 0 saturated carbocycles. The maximum Gasteiger partial charge on any atom is 0.345 e. The van der Waals surface area contributed by atoms with Crippen molar-refractivity contribution in [2.24, 2.45) is 0 Å². The van der Waals surface area contributed by atoms with Gasteiger partial charge >= 0.3 is 11.9 Å². The van der Waals surface area contributed by atoms with E-state index in [9.17, 15) is 9.59 Å². The van der Waals surface area contributed by atoms with Gasteiger partial charge in [-0.15, -0.1) is 0 Å². The molecule has 0 saturated heterocycles. The summed E-state index contributed by atoms with van der Waals surface area (Å²) in [4.78, 5) is 34.5. The van der Waals surface area contributed by atoms with Crippen molar-refractivity contribution in [3.05, 3.63) is 59.2 Å². The van der Waals surface area contributed by atoms with Crippen molar-refractivity contribution in [1.82, 2.24) is 0 Å². The van der Waals surface area contributed by atoms with Crippen LogP contribution in [-0.4, -0.2) is 25.2 Å². The van der Waals surface area contributed by atoms with E-state index in [1.165, 1.54) is 25.7 Å². The van der Waals surface area contributed by atoms with Crippen LogP contribution in [0.25, 0.3) is 0 Å². The van der Waals surface area contributed by atoms with Gasteiger partial charge in [-0.25, -0.2) is 9.59 Å². The summed E-state index contributed by atoms with van der Waals surface area (Å²) < 4.78 is 10.5. The molecule has 2 rings (SSSR count). The summed E-state index contributed by atoms with van der Waals surface area (Å²) >= 11 is 0. The average Bonchev–Trinajstić information content (AvgIpc) is 2.78. The monoisotopic (exact) mass is 456 g/mol. The van der Waals surface area contributed by atoms with Gasteiger partial charge in [0.15, 0.2) is 12.4 Å². The van der Waals surface area contributed by atoms with Crippen molar-refractivity contribution >= 4 is 11.9 Å². The van der Waals surface area contributed by atoms with Crippen LogP contribution in [0.2, 0.25) is 0 Å². The van der Waals surface area contributed by atoms with Gasteiger partial charge in [0, 0.05) is 5.56 Å². The molecule has 0 radical (unpaired) electrons. The molecule has 2 aromatic rings. The second-order valence-corrected chi connectivity index (χ2v) is 8.44. The zero-order valence-corrected chi connectivity index (χ0v) is 20.2. The van der Waals surface area contributed by atoms with Crippen molar-refractivity contribution in [2.75, 3.05) is 13.2 Å². The van der Waals surface area contributed by atoms with Crippen LogP contribution in [0.4, 0.5) is 0 Å². The molecule has 0 unspecified atom stereocenters. The second kappa shape index (κ2) is 14.3. The molecule has 0 heterocycles. The van der Waals surface area contributed by atoms with Crippen molar-refractivity contribution in [3.63, 3.8) is 0 Å². The quantitative estimate of drug-likeness (QED) is 0.105. The van der Waals surface area contributed by atoms with E-state index in [4.69, 9.17) is 19.2 Å². The van der Waals surface area contributed by atoms with Gasteiger partial charge in [-0.2, -0.15) is 4.89 Å². The average molecular weight is 457 g/mol. The Morgan fingerprint density at radius 3 is 2.30 bits per heavy atom. The topological polar surface area (TPSA) is 71.1 Å². The largest absolute Gasteiger partial charge is 0.494 e. The van der Waals surface area contributed by atoms with Crippen LogP contribution in [0.3, 0.4) is 0 Å². The van der Waals surface area contributed by atoms with Crippen LogP contribution in [0, 0.1) is 6.92 Å². The number of esters is 2. The molecule has 0 amide bonds. The first kappa shape index (κ1) is 26.4. The summed E-state index contributed by atoms with van der Waals surface area (Å²) in [5.41, 5.74) is 2.23. The van der Waals surface area contributed by atoms with Gasteiger partial charge in [0.2, 0.25) is 0 Å². The Kier molecular flexibility index (Phi) is 11.5. The molecule has 180 valence electrons. The molecule has 33 heavy (non-hydrogen) atoms. The lowest BCUT2D eigenvalue weighted by Gasteiger charge is -2.13. The maximum atomic E-state index is 12.2. The van der Waals surface area contributed by atoms with Gasteiger partial charge in [-0.05, 0) is 55.2 Å². The van der Waals surface area contributed by atoms with Gasteiger partial charge in [0.25, 0.3) is 0 Å². The lowest BCUT2D eigenvalue weighted by Crippen LogP contribution is -2.19. The first-order valence-electron chi connectivity index (χ1n) is 11.8. The summed E-state index contributed by atoms with van der Waals surface area (Å²) in [7, 11) is 0. The van der Waals surface area contributed by atoms with E-state index in [1.807, 2.05) is 39.0 Å². The lowest BCUT2D eigenvalue weighted by atomic mass is 10.0. The Morgan fingerprint density at radius 2 is 1.61 bits per heavy atom. The van der Waals surface area contributed by atoms with Gasteiger partial charge in [0.05, 0.1) is 12.2 Å². The number of unbranched alkanes of at least 4 members (excludes halogenated alkanes) is 5. The fourth-order valence-corrected chi connectivity index (χ4v) is 3.28. The van der Waals surface area contributed by atoms with E-state index >= 15 is 0 Å². The number of ether oxygens (including phenoxy) is 2. The first-order valence-corrected chi connectivity index (χ1v) is 11.8. The van der Waals surface area contributed by atoms with E-state index in [0.29, 0.717) is 18.1 Å². The maximum absolute atomic E-state index is 12.2. The van der Waals surface area contributed by atoms with Crippen molar-refractivity contribution < 1.29 is 28.8 Å². The fraction of sp³-hybridized carbons (Fsp3) is 0.481. The predicted octanol–water partition coefficient (Wildman–Crippen LogP) is 6.55. The highest BCUT2D eigenvalue weighted by Crippen LogP contribution is 2.27. The van der Waals surface area contributed by atoms with Crippen LogP contribution in [0.1, 0.15) is 86.7 Å². The van der Waals surface area contributed by atoms with Gasteiger partial charge in [-0.3, -0.25) is 0 Å². The lowest BCUT2D eigenvalue weighted by molar-refractivity contribution is -0.214. The smallest absolute Gasteiger partial charge is 0.345 e. The number of benzene rings is 2. The van der Waals surface area contributed by atoms with Crippen LogP contribution < -0.4 is 9.62 Å². The molecule has 0 spiro atoms. The fourth-order valence-electron chi connectivity index (χ4n) is 3.28. The Morgan fingerprint density at radius 1 is 0.909 bits per heavy atom. The van der Waals surface area contributed by atoms with Crippen molar-refractivity contribution in [2.45, 2.75) is 72.1 Å². The summed E-state index contributed by atoms with van der Waals surface area (Å²) in [6, 6.07) is 12.3.